The van der Waals surface area contributed by atoms with Gasteiger partial charge in [-0.15, -0.1) is 12.4 Å². The molecule has 0 spiro atoms. The number of carbonyl (C=O) groups excluding carboxylic acids is 1. The summed E-state index contributed by atoms with van der Waals surface area (Å²) in [5.74, 6) is 0.914. The first-order valence-corrected chi connectivity index (χ1v) is 7.33. The van der Waals surface area contributed by atoms with Gasteiger partial charge in [-0.05, 0) is 0 Å². The Hall–Kier alpha value is -2.65. The summed E-state index contributed by atoms with van der Waals surface area (Å²) in [6.07, 6.45) is 4.40. The molecule has 3 aromatic rings. The molecule has 10 heteroatoms. The van der Waals surface area contributed by atoms with Crippen molar-refractivity contribution >= 4 is 24.1 Å². The van der Waals surface area contributed by atoms with Gasteiger partial charge in [-0.2, -0.15) is 10.2 Å². The van der Waals surface area contributed by atoms with E-state index in [2.05, 4.69) is 36.0 Å². The van der Waals surface area contributed by atoms with E-state index >= 15 is 0 Å². The highest BCUT2D eigenvalue weighted by molar-refractivity contribution is 6.03. The first kappa shape index (κ1) is 16.2. The van der Waals surface area contributed by atoms with Gasteiger partial charge in [0.1, 0.15) is 5.69 Å². The molecule has 9 nitrogen and oxygen atoms in total. The van der Waals surface area contributed by atoms with Crippen molar-refractivity contribution in [2.75, 3.05) is 11.9 Å². The SMILES string of the molecule is Cl.Cn1ccnc1-c1cc(NC(=O)c2n[nH]c3c2CNCC3)n[nH]1. The van der Waals surface area contributed by atoms with Gasteiger partial charge in [0.15, 0.2) is 17.3 Å². The zero-order valence-electron chi connectivity index (χ0n) is 13.0. The number of amides is 1. The smallest absolute Gasteiger partial charge is 0.277 e. The predicted molar refractivity (Wildman–Crippen MR) is 90.0 cm³/mol. The summed E-state index contributed by atoms with van der Waals surface area (Å²) in [4.78, 5) is 16.7. The number of aromatic nitrogens is 6. The molecule has 4 rings (SSSR count). The number of anilines is 1. The van der Waals surface area contributed by atoms with Gasteiger partial charge in [0, 0.05) is 56.3 Å². The Morgan fingerprint density at radius 1 is 1.33 bits per heavy atom. The van der Waals surface area contributed by atoms with Crippen LogP contribution in [-0.4, -0.2) is 42.4 Å². The molecule has 1 amide bonds. The first-order valence-electron chi connectivity index (χ1n) is 7.33. The fourth-order valence-corrected chi connectivity index (χ4v) is 2.71. The Kier molecular flexibility index (Phi) is 4.36. The lowest BCUT2D eigenvalue weighted by atomic mass is 10.1. The average molecular weight is 349 g/mol. The quantitative estimate of drug-likeness (QED) is 0.560. The van der Waals surface area contributed by atoms with Gasteiger partial charge in [-0.25, -0.2) is 4.98 Å². The highest BCUT2D eigenvalue weighted by atomic mass is 35.5. The largest absolute Gasteiger partial charge is 0.333 e. The molecule has 0 unspecified atom stereocenters. The standard InChI is InChI=1S/C14H16N8O.ClH/c1-22-5-4-16-13(22)10-6-11(20-19-10)17-14(23)12-8-7-15-3-2-9(8)18-21-12;/h4-6,15H,2-3,7H2,1H3,(H,18,21)(H2,17,19,20,23);1H. The van der Waals surface area contributed by atoms with Crippen LogP contribution in [0.15, 0.2) is 18.5 Å². The summed E-state index contributed by atoms with van der Waals surface area (Å²) < 4.78 is 1.87. The van der Waals surface area contributed by atoms with Crippen LogP contribution in [0.3, 0.4) is 0 Å². The molecule has 126 valence electrons. The van der Waals surface area contributed by atoms with E-state index in [4.69, 9.17) is 0 Å². The van der Waals surface area contributed by atoms with Gasteiger partial charge in [0.2, 0.25) is 0 Å². The van der Waals surface area contributed by atoms with Crippen LogP contribution in [-0.2, 0) is 20.0 Å². The summed E-state index contributed by atoms with van der Waals surface area (Å²) in [7, 11) is 1.89. The van der Waals surface area contributed by atoms with E-state index in [9.17, 15) is 4.79 Å². The van der Waals surface area contributed by atoms with Crippen LogP contribution in [0.1, 0.15) is 21.7 Å². The minimum Gasteiger partial charge on any atom is -0.333 e. The van der Waals surface area contributed by atoms with E-state index in [0.29, 0.717) is 18.1 Å². The third kappa shape index (κ3) is 2.79. The van der Waals surface area contributed by atoms with Gasteiger partial charge in [0.05, 0.1) is 0 Å². The Morgan fingerprint density at radius 2 is 2.21 bits per heavy atom. The van der Waals surface area contributed by atoms with Crippen molar-refractivity contribution in [1.29, 1.82) is 0 Å². The third-order valence-corrected chi connectivity index (χ3v) is 3.90. The minimum absolute atomic E-state index is 0. The lowest BCUT2D eigenvalue weighted by Gasteiger charge is -2.12. The number of aryl methyl sites for hydroxylation is 1. The molecule has 0 saturated carbocycles. The average Bonchev–Trinajstić information content (AvgIpc) is 3.26. The van der Waals surface area contributed by atoms with Crippen LogP contribution in [0.4, 0.5) is 5.82 Å². The van der Waals surface area contributed by atoms with Gasteiger partial charge in [0.25, 0.3) is 5.91 Å². The van der Waals surface area contributed by atoms with E-state index in [0.717, 1.165) is 35.7 Å². The van der Waals surface area contributed by atoms with Crippen molar-refractivity contribution in [3.05, 3.63) is 35.4 Å². The Balaban J connectivity index is 0.00000169. The molecule has 0 saturated heterocycles. The lowest BCUT2D eigenvalue weighted by molar-refractivity contribution is 0.102. The first-order chi connectivity index (χ1) is 11.2. The van der Waals surface area contributed by atoms with Crippen molar-refractivity contribution in [3.8, 4) is 11.5 Å². The molecule has 3 aromatic heterocycles. The maximum atomic E-state index is 12.4. The number of nitrogens with zero attached hydrogens (tertiary/aromatic N) is 4. The van der Waals surface area contributed by atoms with Crippen molar-refractivity contribution in [1.82, 2.24) is 35.3 Å². The Labute approximate surface area is 143 Å². The minimum atomic E-state index is -0.274. The summed E-state index contributed by atoms with van der Waals surface area (Å²) >= 11 is 0. The zero-order valence-corrected chi connectivity index (χ0v) is 13.8. The molecule has 24 heavy (non-hydrogen) atoms. The van der Waals surface area contributed by atoms with Crippen LogP contribution >= 0.6 is 12.4 Å². The van der Waals surface area contributed by atoms with E-state index < -0.39 is 0 Å². The van der Waals surface area contributed by atoms with E-state index in [1.54, 1.807) is 12.3 Å². The van der Waals surface area contributed by atoms with Crippen LogP contribution in [0.25, 0.3) is 11.5 Å². The fourth-order valence-electron chi connectivity index (χ4n) is 2.71. The van der Waals surface area contributed by atoms with Crippen molar-refractivity contribution in [2.24, 2.45) is 7.05 Å². The number of nitrogens with one attached hydrogen (secondary N) is 4. The molecule has 1 aliphatic rings. The van der Waals surface area contributed by atoms with Gasteiger partial charge in [-0.3, -0.25) is 15.0 Å². The van der Waals surface area contributed by atoms with E-state index in [1.165, 1.54) is 0 Å². The molecule has 0 bridgehead atoms. The second kappa shape index (κ2) is 6.46. The van der Waals surface area contributed by atoms with Crippen molar-refractivity contribution in [2.45, 2.75) is 13.0 Å². The highest BCUT2D eigenvalue weighted by Gasteiger charge is 2.22. The number of carbonyl (C=O) groups is 1. The fraction of sp³-hybridized carbons (Fsp3) is 0.286. The number of H-pyrrole nitrogens is 2. The monoisotopic (exact) mass is 348 g/mol. The summed E-state index contributed by atoms with van der Waals surface area (Å²) in [5, 5.41) is 20.1. The van der Waals surface area contributed by atoms with Gasteiger partial charge in [-0.1, -0.05) is 0 Å². The van der Waals surface area contributed by atoms with E-state index in [-0.39, 0.29) is 18.3 Å². The van der Waals surface area contributed by atoms with Crippen LogP contribution in [0.2, 0.25) is 0 Å². The van der Waals surface area contributed by atoms with Crippen molar-refractivity contribution < 1.29 is 4.79 Å². The molecular weight excluding hydrogens is 332 g/mol. The second-order valence-electron chi connectivity index (χ2n) is 5.44. The normalized spacial score (nSPS) is 13.2. The van der Waals surface area contributed by atoms with Gasteiger partial charge < -0.3 is 15.2 Å². The number of hydrogen-bond acceptors (Lipinski definition) is 5. The molecular formula is C14H17ClN8O. The number of hydrogen-bond donors (Lipinski definition) is 4. The number of fused-ring (bicyclic) bond motifs is 1. The van der Waals surface area contributed by atoms with Crippen LogP contribution in [0, 0.1) is 0 Å². The summed E-state index contributed by atoms with van der Waals surface area (Å²) in [6, 6.07) is 1.75. The number of imidazole rings is 1. The number of aromatic amines is 2. The van der Waals surface area contributed by atoms with Crippen molar-refractivity contribution in [3.63, 3.8) is 0 Å². The maximum absolute atomic E-state index is 12.4. The van der Waals surface area contributed by atoms with E-state index in [1.807, 2.05) is 17.8 Å². The number of rotatable bonds is 3. The second-order valence-corrected chi connectivity index (χ2v) is 5.44. The summed E-state index contributed by atoms with van der Waals surface area (Å²) in [6.45, 7) is 1.54. The number of halogens is 1. The Bertz CT molecular complexity index is 864. The predicted octanol–water partition coefficient (Wildman–Crippen LogP) is 0.853. The van der Waals surface area contributed by atoms with Crippen LogP contribution < -0.4 is 10.6 Å². The molecule has 0 fully saturated rings. The van der Waals surface area contributed by atoms with Gasteiger partial charge >= 0.3 is 0 Å². The van der Waals surface area contributed by atoms with Crippen LogP contribution in [0.5, 0.6) is 0 Å². The molecule has 4 heterocycles. The molecule has 0 aromatic carbocycles. The molecule has 0 aliphatic carbocycles. The zero-order chi connectivity index (χ0) is 15.8. The molecule has 0 radical (unpaired) electrons. The topological polar surface area (TPSA) is 116 Å². The summed E-state index contributed by atoms with van der Waals surface area (Å²) in [5.41, 5.74) is 3.09. The maximum Gasteiger partial charge on any atom is 0.277 e. The third-order valence-electron chi connectivity index (χ3n) is 3.90. The molecule has 4 N–H and O–H groups in total. The molecule has 1 aliphatic heterocycles. The lowest BCUT2D eigenvalue weighted by Crippen LogP contribution is -2.25. The highest BCUT2D eigenvalue weighted by Crippen LogP contribution is 2.19. The molecule has 0 atom stereocenters. The Morgan fingerprint density at radius 3 is 3.00 bits per heavy atom.